The predicted molar refractivity (Wildman–Crippen MR) is 79.0 cm³/mol. The van der Waals surface area contributed by atoms with E-state index < -0.39 is 0 Å². The zero-order valence-corrected chi connectivity index (χ0v) is 12.2. The Morgan fingerprint density at radius 3 is 2.89 bits per heavy atom. The molecule has 0 saturated carbocycles. The van der Waals surface area contributed by atoms with Crippen molar-refractivity contribution >= 4 is 0 Å². The molecule has 0 bridgehead atoms. The number of rotatable bonds is 6. The molecule has 1 unspecified atom stereocenters. The maximum atomic E-state index is 4.17. The summed E-state index contributed by atoms with van der Waals surface area (Å²) < 4.78 is 0. The Morgan fingerprint density at radius 2 is 2.21 bits per heavy atom. The molecule has 106 valence electrons. The fourth-order valence-corrected chi connectivity index (χ4v) is 2.79. The third kappa shape index (κ3) is 5.27. The summed E-state index contributed by atoms with van der Waals surface area (Å²) in [6.45, 7) is 10.3. The summed E-state index contributed by atoms with van der Waals surface area (Å²) in [6.07, 6.45) is 3.79. The molecule has 1 aliphatic rings. The van der Waals surface area contributed by atoms with E-state index in [1.54, 1.807) is 0 Å². The van der Waals surface area contributed by atoms with Crippen molar-refractivity contribution in [3.05, 3.63) is 30.1 Å². The van der Waals surface area contributed by atoms with Gasteiger partial charge in [-0.1, -0.05) is 13.0 Å². The lowest BCUT2D eigenvalue weighted by Crippen LogP contribution is -2.46. The zero-order chi connectivity index (χ0) is 13.5. The van der Waals surface area contributed by atoms with E-state index in [1.165, 1.54) is 25.2 Å². The second-order valence-corrected chi connectivity index (χ2v) is 5.71. The van der Waals surface area contributed by atoms with Crippen molar-refractivity contribution in [2.45, 2.75) is 13.5 Å². The first-order valence-electron chi connectivity index (χ1n) is 7.24. The number of nitrogens with one attached hydrogen (secondary N) is 1. The number of hydrogen-bond acceptors (Lipinski definition) is 4. The fraction of sp³-hybridized carbons (Fsp3) is 0.667. The van der Waals surface area contributed by atoms with Crippen molar-refractivity contribution in [1.82, 2.24) is 20.1 Å². The van der Waals surface area contributed by atoms with Gasteiger partial charge in [-0.25, -0.2) is 0 Å². The first-order valence-corrected chi connectivity index (χ1v) is 7.24. The number of pyridine rings is 1. The maximum Gasteiger partial charge on any atom is 0.0312 e. The van der Waals surface area contributed by atoms with Gasteiger partial charge in [0.05, 0.1) is 0 Å². The number of aromatic nitrogens is 1. The van der Waals surface area contributed by atoms with Crippen molar-refractivity contribution in [3.8, 4) is 0 Å². The van der Waals surface area contributed by atoms with Gasteiger partial charge in [-0.15, -0.1) is 0 Å². The van der Waals surface area contributed by atoms with Gasteiger partial charge < -0.3 is 15.1 Å². The van der Waals surface area contributed by atoms with E-state index in [4.69, 9.17) is 0 Å². The van der Waals surface area contributed by atoms with E-state index in [9.17, 15) is 0 Å². The van der Waals surface area contributed by atoms with E-state index in [2.05, 4.69) is 40.1 Å². The SMILES string of the molecule is CC(CN(C)Cc1cccnc1)CN1CCNCC1. The second kappa shape index (κ2) is 7.58. The van der Waals surface area contributed by atoms with Crippen LogP contribution in [-0.4, -0.2) is 61.1 Å². The van der Waals surface area contributed by atoms with Crippen LogP contribution < -0.4 is 5.32 Å². The molecule has 0 spiro atoms. The summed E-state index contributed by atoms with van der Waals surface area (Å²) in [5.74, 6) is 0.708. The van der Waals surface area contributed by atoms with Crippen molar-refractivity contribution in [2.24, 2.45) is 5.92 Å². The molecule has 1 aromatic heterocycles. The molecular weight excluding hydrogens is 236 g/mol. The lowest BCUT2D eigenvalue weighted by Gasteiger charge is -2.31. The van der Waals surface area contributed by atoms with Gasteiger partial charge in [-0.3, -0.25) is 4.98 Å². The summed E-state index contributed by atoms with van der Waals surface area (Å²) in [4.78, 5) is 9.13. The summed E-state index contributed by atoms with van der Waals surface area (Å²) in [7, 11) is 2.20. The highest BCUT2D eigenvalue weighted by Crippen LogP contribution is 2.06. The lowest BCUT2D eigenvalue weighted by molar-refractivity contribution is 0.181. The van der Waals surface area contributed by atoms with Crippen LogP contribution in [-0.2, 0) is 6.54 Å². The molecule has 1 aromatic rings. The summed E-state index contributed by atoms with van der Waals surface area (Å²) in [5.41, 5.74) is 1.29. The Bertz CT molecular complexity index is 348. The molecule has 1 atom stereocenters. The number of piperazine rings is 1. The highest BCUT2D eigenvalue weighted by atomic mass is 15.2. The second-order valence-electron chi connectivity index (χ2n) is 5.71. The quantitative estimate of drug-likeness (QED) is 0.830. The van der Waals surface area contributed by atoms with E-state index >= 15 is 0 Å². The summed E-state index contributed by atoms with van der Waals surface area (Å²) >= 11 is 0. The first kappa shape index (κ1) is 14.4. The molecule has 4 heteroatoms. The molecule has 0 aliphatic carbocycles. The van der Waals surface area contributed by atoms with Crippen LogP contribution in [0.5, 0.6) is 0 Å². The molecule has 0 radical (unpaired) electrons. The average Bonchev–Trinajstić information content (AvgIpc) is 2.40. The van der Waals surface area contributed by atoms with Crippen LogP contribution in [0, 0.1) is 5.92 Å². The minimum Gasteiger partial charge on any atom is -0.314 e. The van der Waals surface area contributed by atoms with Crippen molar-refractivity contribution in [1.29, 1.82) is 0 Å². The van der Waals surface area contributed by atoms with E-state index in [0.29, 0.717) is 5.92 Å². The molecule has 0 aromatic carbocycles. The van der Waals surface area contributed by atoms with Crippen LogP contribution in [0.15, 0.2) is 24.5 Å². The Kier molecular flexibility index (Phi) is 5.76. The van der Waals surface area contributed by atoms with Crippen molar-refractivity contribution in [2.75, 3.05) is 46.3 Å². The van der Waals surface area contributed by atoms with Crippen molar-refractivity contribution in [3.63, 3.8) is 0 Å². The monoisotopic (exact) mass is 262 g/mol. The average molecular weight is 262 g/mol. The normalized spacial score (nSPS) is 18.7. The van der Waals surface area contributed by atoms with Gasteiger partial charge in [0, 0.05) is 58.2 Å². The van der Waals surface area contributed by atoms with Gasteiger partial charge in [0.15, 0.2) is 0 Å². The van der Waals surface area contributed by atoms with Crippen LogP contribution >= 0.6 is 0 Å². The molecule has 2 rings (SSSR count). The van der Waals surface area contributed by atoms with Gasteiger partial charge in [0.1, 0.15) is 0 Å². The minimum absolute atomic E-state index is 0.708. The van der Waals surface area contributed by atoms with E-state index in [-0.39, 0.29) is 0 Å². The van der Waals surface area contributed by atoms with Crippen LogP contribution in [0.25, 0.3) is 0 Å². The molecule has 19 heavy (non-hydrogen) atoms. The van der Waals surface area contributed by atoms with Gasteiger partial charge in [0.2, 0.25) is 0 Å². The van der Waals surface area contributed by atoms with Crippen molar-refractivity contribution < 1.29 is 0 Å². The van der Waals surface area contributed by atoms with E-state index in [1.807, 2.05) is 18.5 Å². The Hall–Kier alpha value is -0.970. The molecule has 1 fully saturated rings. The van der Waals surface area contributed by atoms with Crippen LogP contribution in [0.4, 0.5) is 0 Å². The fourth-order valence-electron chi connectivity index (χ4n) is 2.79. The molecular formula is C15H26N4. The standard InChI is InChI=1S/C15H26N4/c1-14(12-19-8-6-16-7-9-19)11-18(2)13-15-4-3-5-17-10-15/h3-5,10,14,16H,6-9,11-13H2,1-2H3. The van der Waals surface area contributed by atoms with Crippen LogP contribution in [0.3, 0.4) is 0 Å². The molecule has 4 nitrogen and oxygen atoms in total. The van der Waals surface area contributed by atoms with Gasteiger partial charge in [-0.05, 0) is 24.6 Å². The Labute approximate surface area is 116 Å². The Morgan fingerprint density at radius 1 is 1.42 bits per heavy atom. The Balaban J connectivity index is 1.70. The molecule has 0 amide bonds. The first-order chi connectivity index (χ1) is 9.24. The largest absolute Gasteiger partial charge is 0.314 e. The highest BCUT2D eigenvalue weighted by molar-refractivity contribution is 5.07. The number of hydrogen-bond donors (Lipinski definition) is 1. The molecule has 2 heterocycles. The van der Waals surface area contributed by atoms with Gasteiger partial charge in [0.25, 0.3) is 0 Å². The summed E-state index contributed by atoms with van der Waals surface area (Å²) in [5, 5.41) is 3.40. The lowest BCUT2D eigenvalue weighted by atomic mass is 10.1. The van der Waals surface area contributed by atoms with Crippen LogP contribution in [0.1, 0.15) is 12.5 Å². The highest BCUT2D eigenvalue weighted by Gasteiger charge is 2.14. The maximum absolute atomic E-state index is 4.17. The third-order valence-electron chi connectivity index (χ3n) is 3.58. The van der Waals surface area contributed by atoms with Crippen LogP contribution in [0.2, 0.25) is 0 Å². The zero-order valence-electron chi connectivity index (χ0n) is 12.2. The summed E-state index contributed by atoms with van der Waals surface area (Å²) in [6, 6.07) is 4.15. The van der Waals surface area contributed by atoms with Gasteiger partial charge >= 0.3 is 0 Å². The number of nitrogens with zero attached hydrogens (tertiary/aromatic N) is 3. The molecule has 1 saturated heterocycles. The topological polar surface area (TPSA) is 31.4 Å². The van der Waals surface area contributed by atoms with E-state index in [0.717, 1.165) is 26.2 Å². The predicted octanol–water partition coefficient (Wildman–Crippen LogP) is 1.05. The molecule has 1 N–H and O–H groups in total. The molecule has 1 aliphatic heterocycles. The smallest absolute Gasteiger partial charge is 0.0312 e. The van der Waals surface area contributed by atoms with Gasteiger partial charge in [-0.2, -0.15) is 0 Å². The minimum atomic E-state index is 0.708. The third-order valence-corrected chi connectivity index (χ3v) is 3.58.